The van der Waals surface area contributed by atoms with Gasteiger partial charge >= 0.3 is 0 Å². The molecule has 5 rings (SSSR count). The summed E-state index contributed by atoms with van der Waals surface area (Å²) in [7, 11) is 0. The van der Waals surface area contributed by atoms with Crippen molar-refractivity contribution < 1.29 is 9.53 Å². The number of carbonyl (C=O) groups excluding carboxylic acids is 1. The minimum atomic E-state index is -0.156. The molecule has 1 aromatic heterocycles. The number of amides is 1. The largest absolute Gasteiger partial charge is 0.369 e. The summed E-state index contributed by atoms with van der Waals surface area (Å²) in [6.07, 6.45) is 5.19. The van der Waals surface area contributed by atoms with Crippen LogP contribution in [0.1, 0.15) is 57.3 Å². The molecule has 0 saturated carbocycles. The number of likely N-dealkylation sites (tertiary alicyclic amines) is 1. The first kappa shape index (κ1) is 20.9. The maximum absolute atomic E-state index is 13.3. The third-order valence-electron chi connectivity index (χ3n) is 6.57. The lowest BCUT2D eigenvalue weighted by molar-refractivity contribution is -0.0771. The van der Waals surface area contributed by atoms with Crippen LogP contribution in [0.25, 0.3) is 0 Å². The molecule has 4 heterocycles. The lowest BCUT2D eigenvalue weighted by Crippen LogP contribution is -2.44. The molecule has 29 heavy (non-hydrogen) atoms. The van der Waals surface area contributed by atoms with E-state index in [1.807, 2.05) is 0 Å². The van der Waals surface area contributed by atoms with Crippen LogP contribution in [0.4, 0.5) is 0 Å². The zero-order valence-electron chi connectivity index (χ0n) is 16.7. The number of piperidine rings is 2. The highest BCUT2D eigenvalue weighted by Crippen LogP contribution is 2.44. The van der Waals surface area contributed by atoms with Crippen molar-refractivity contribution in [1.82, 2.24) is 10.2 Å². The van der Waals surface area contributed by atoms with Crippen LogP contribution in [0, 0.1) is 0 Å². The fourth-order valence-corrected chi connectivity index (χ4v) is 6.42. The zero-order chi connectivity index (χ0) is 19.0. The molecule has 156 valence electrons. The number of benzene rings is 1. The maximum Gasteiger partial charge on any atom is 0.263 e. The Morgan fingerprint density at radius 3 is 2.79 bits per heavy atom. The summed E-state index contributed by atoms with van der Waals surface area (Å²) < 4.78 is 6.29. The third kappa shape index (κ3) is 3.98. The van der Waals surface area contributed by atoms with E-state index in [1.165, 1.54) is 22.4 Å². The normalized spacial score (nSPS) is 23.3. The van der Waals surface area contributed by atoms with Crippen molar-refractivity contribution in [3.8, 4) is 0 Å². The minimum absolute atomic E-state index is 0. The van der Waals surface area contributed by atoms with Crippen LogP contribution in [0.2, 0.25) is 0 Å². The molecule has 3 aliphatic rings. The minimum Gasteiger partial charge on any atom is -0.369 e. The molecule has 0 bridgehead atoms. The number of nitrogens with one attached hydrogen (secondary N) is 1. The summed E-state index contributed by atoms with van der Waals surface area (Å²) >= 11 is 1.70. The molecule has 0 aliphatic carbocycles. The first-order valence-electron chi connectivity index (χ1n) is 10.6. The number of hydrogen-bond donors (Lipinski definition) is 1. The highest BCUT2D eigenvalue weighted by Gasteiger charge is 2.41. The smallest absolute Gasteiger partial charge is 0.263 e. The number of nitrogens with zero attached hydrogens (tertiary/aromatic N) is 1. The Hall–Kier alpha value is -1.40. The van der Waals surface area contributed by atoms with Gasteiger partial charge in [0.1, 0.15) is 5.60 Å². The van der Waals surface area contributed by atoms with Gasteiger partial charge in [-0.2, -0.15) is 0 Å². The van der Waals surface area contributed by atoms with Crippen LogP contribution in [0.5, 0.6) is 0 Å². The van der Waals surface area contributed by atoms with Crippen LogP contribution < -0.4 is 5.32 Å². The topological polar surface area (TPSA) is 41.6 Å². The number of rotatable bonds is 2. The van der Waals surface area contributed by atoms with Crippen LogP contribution in [0.15, 0.2) is 36.4 Å². The maximum atomic E-state index is 13.3. The Morgan fingerprint density at radius 2 is 2.00 bits per heavy atom. The van der Waals surface area contributed by atoms with Crippen molar-refractivity contribution in [3.05, 3.63) is 57.3 Å². The van der Waals surface area contributed by atoms with E-state index < -0.39 is 0 Å². The van der Waals surface area contributed by atoms with Crippen molar-refractivity contribution in [2.45, 2.75) is 43.6 Å². The second-order valence-corrected chi connectivity index (χ2v) is 9.36. The number of thiophene rings is 1. The summed E-state index contributed by atoms with van der Waals surface area (Å²) in [5.74, 6) is 0.664. The lowest BCUT2D eigenvalue weighted by Gasteiger charge is -2.40. The van der Waals surface area contributed by atoms with Gasteiger partial charge in [0.05, 0.1) is 11.5 Å². The fourth-order valence-electron chi connectivity index (χ4n) is 5.04. The van der Waals surface area contributed by atoms with Gasteiger partial charge in [-0.1, -0.05) is 30.3 Å². The van der Waals surface area contributed by atoms with E-state index in [4.69, 9.17) is 4.74 Å². The highest BCUT2D eigenvalue weighted by atomic mass is 35.5. The highest BCUT2D eigenvalue weighted by molar-refractivity contribution is 7.14. The van der Waals surface area contributed by atoms with Crippen molar-refractivity contribution in [3.63, 3.8) is 0 Å². The lowest BCUT2D eigenvalue weighted by atomic mass is 9.86. The Kier molecular flexibility index (Phi) is 6.30. The molecule has 4 nitrogen and oxygen atoms in total. The van der Waals surface area contributed by atoms with Crippen LogP contribution in [-0.4, -0.2) is 43.6 Å². The van der Waals surface area contributed by atoms with Crippen LogP contribution in [-0.2, 0) is 16.8 Å². The van der Waals surface area contributed by atoms with Gasteiger partial charge in [0.25, 0.3) is 5.91 Å². The predicted octanol–water partition coefficient (Wildman–Crippen LogP) is 4.34. The van der Waals surface area contributed by atoms with E-state index in [9.17, 15) is 4.79 Å². The number of ether oxygens (including phenoxy) is 1. The first-order chi connectivity index (χ1) is 13.8. The molecule has 1 amide bonds. The average molecular weight is 433 g/mol. The van der Waals surface area contributed by atoms with E-state index in [2.05, 4.69) is 46.6 Å². The third-order valence-corrected chi connectivity index (χ3v) is 7.92. The summed E-state index contributed by atoms with van der Waals surface area (Å²) in [5.41, 5.74) is 2.54. The Labute approximate surface area is 183 Å². The molecular formula is C23H29ClN2O2S. The van der Waals surface area contributed by atoms with Crippen LogP contribution in [0.3, 0.4) is 0 Å². The van der Waals surface area contributed by atoms with E-state index >= 15 is 0 Å². The summed E-state index contributed by atoms with van der Waals surface area (Å²) in [5, 5.41) is 3.44. The predicted molar refractivity (Wildman–Crippen MR) is 119 cm³/mol. The Balaban J connectivity index is 0.00000205. The van der Waals surface area contributed by atoms with Gasteiger partial charge in [0.2, 0.25) is 0 Å². The molecule has 6 heteroatoms. The van der Waals surface area contributed by atoms with Gasteiger partial charge in [-0.05, 0) is 62.4 Å². The molecule has 0 radical (unpaired) electrons. The molecule has 1 spiro atoms. The molecular weight excluding hydrogens is 404 g/mol. The van der Waals surface area contributed by atoms with Gasteiger partial charge in [-0.3, -0.25) is 4.79 Å². The molecule has 1 aromatic carbocycles. The molecule has 1 atom stereocenters. The number of halogens is 1. The summed E-state index contributed by atoms with van der Waals surface area (Å²) in [4.78, 5) is 17.7. The van der Waals surface area contributed by atoms with E-state index in [1.54, 1.807) is 11.3 Å². The van der Waals surface area contributed by atoms with E-state index in [-0.39, 0.29) is 23.9 Å². The van der Waals surface area contributed by atoms with Crippen molar-refractivity contribution in [1.29, 1.82) is 0 Å². The van der Waals surface area contributed by atoms with Gasteiger partial charge in [0, 0.05) is 23.9 Å². The van der Waals surface area contributed by atoms with Crippen molar-refractivity contribution in [2.75, 3.05) is 32.8 Å². The van der Waals surface area contributed by atoms with Gasteiger partial charge in [-0.15, -0.1) is 23.7 Å². The van der Waals surface area contributed by atoms with Gasteiger partial charge < -0.3 is 15.0 Å². The monoisotopic (exact) mass is 432 g/mol. The second kappa shape index (κ2) is 8.76. The number of carbonyl (C=O) groups is 1. The summed E-state index contributed by atoms with van der Waals surface area (Å²) in [6, 6.07) is 12.8. The standard InChI is InChI=1S/C23H28N2O2S.ClH/c26-22(25-13-4-7-19(16-25)17-5-2-1-3-6-17)20-15-18-8-14-27-23(21(18)28-20)9-11-24-12-10-23;/h1-3,5-6,15,19,24H,4,7-14,16H2;1H. The van der Waals surface area contributed by atoms with Gasteiger partial charge in [0.15, 0.2) is 0 Å². The molecule has 2 fully saturated rings. The number of fused-ring (bicyclic) bond motifs is 2. The Bertz CT molecular complexity index is 848. The fraction of sp³-hybridized carbons (Fsp3) is 0.522. The molecule has 3 aliphatic heterocycles. The van der Waals surface area contributed by atoms with E-state index in [0.717, 1.165) is 63.3 Å². The van der Waals surface area contributed by atoms with E-state index in [0.29, 0.717) is 5.92 Å². The average Bonchev–Trinajstić information content (AvgIpc) is 3.21. The Morgan fingerprint density at radius 1 is 1.21 bits per heavy atom. The van der Waals surface area contributed by atoms with Crippen molar-refractivity contribution >= 4 is 29.7 Å². The SMILES string of the molecule is Cl.O=C(c1cc2c(s1)C1(CCNCC1)OCC2)N1CCCC(c2ccccc2)C1. The summed E-state index contributed by atoms with van der Waals surface area (Å²) in [6.45, 7) is 4.46. The quantitative estimate of drug-likeness (QED) is 0.767. The molecule has 2 saturated heterocycles. The first-order valence-corrected chi connectivity index (χ1v) is 11.4. The van der Waals surface area contributed by atoms with Gasteiger partial charge in [-0.25, -0.2) is 0 Å². The zero-order valence-corrected chi connectivity index (χ0v) is 18.3. The second-order valence-electron chi connectivity index (χ2n) is 8.31. The van der Waals surface area contributed by atoms with Crippen LogP contribution >= 0.6 is 23.7 Å². The molecule has 1 unspecified atom stereocenters. The van der Waals surface area contributed by atoms with Crippen molar-refractivity contribution in [2.24, 2.45) is 0 Å². The number of hydrogen-bond acceptors (Lipinski definition) is 4. The molecule has 2 aromatic rings. The molecule has 1 N–H and O–H groups in total.